The number of hydrogen-bond acceptors (Lipinski definition) is 3. The first-order valence-electron chi connectivity index (χ1n) is 9.71. The van der Waals surface area contributed by atoms with Crippen molar-refractivity contribution in [3.05, 3.63) is 34.9 Å². The number of nitrogens with one attached hydrogen (secondary N) is 1. The van der Waals surface area contributed by atoms with Crippen LogP contribution in [0.5, 0.6) is 0 Å². The lowest BCUT2D eigenvalue weighted by Crippen LogP contribution is -2.51. The van der Waals surface area contributed by atoms with E-state index in [9.17, 15) is 13.2 Å². The summed E-state index contributed by atoms with van der Waals surface area (Å²) in [5, 5.41) is 3.36. The summed E-state index contributed by atoms with van der Waals surface area (Å²) in [5.74, 6) is 0.733. The third-order valence-corrected chi connectivity index (χ3v) is 5.36. The number of hydrogen-bond donors (Lipinski definition) is 1. The van der Waals surface area contributed by atoms with E-state index < -0.39 is 12.7 Å². The van der Waals surface area contributed by atoms with E-state index in [1.54, 1.807) is 7.05 Å². The maximum Gasteiger partial charge on any atom is 0.401 e. The van der Waals surface area contributed by atoms with Crippen molar-refractivity contribution in [2.45, 2.75) is 38.6 Å². The van der Waals surface area contributed by atoms with Crippen LogP contribution in [-0.2, 0) is 4.74 Å². The third-order valence-electron chi connectivity index (χ3n) is 5.36. The normalized spacial score (nSPS) is 24.6. The quantitative estimate of drug-likeness (QED) is 0.628. The summed E-state index contributed by atoms with van der Waals surface area (Å²) < 4.78 is 43.8. The number of aryl methyl sites for hydroxylation is 2. The van der Waals surface area contributed by atoms with Gasteiger partial charge in [-0.05, 0) is 31.4 Å². The lowest BCUT2D eigenvalue weighted by molar-refractivity contribution is -0.143. The number of nitrogens with zero attached hydrogens (tertiary/aromatic N) is 3. The zero-order valence-electron chi connectivity index (χ0n) is 16.7. The van der Waals surface area contributed by atoms with Crippen LogP contribution in [-0.4, -0.2) is 74.4 Å². The summed E-state index contributed by atoms with van der Waals surface area (Å²) in [6.45, 7) is 6.10. The van der Waals surface area contributed by atoms with Crippen LogP contribution < -0.4 is 5.32 Å². The van der Waals surface area contributed by atoms with Crippen LogP contribution in [0.4, 0.5) is 13.2 Å². The predicted octanol–water partition coefficient (Wildman–Crippen LogP) is 2.89. The monoisotopic (exact) mass is 398 g/mol. The third kappa shape index (κ3) is 5.38. The highest BCUT2D eigenvalue weighted by Gasteiger charge is 2.35. The van der Waals surface area contributed by atoms with Crippen LogP contribution in [0.25, 0.3) is 0 Å². The minimum absolute atomic E-state index is 0.0246. The summed E-state index contributed by atoms with van der Waals surface area (Å²) in [6, 6.07) is 6.33. The standard InChI is InChI=1S/C20H29F3N4O/c1-14-4-5-17(15(2)10-14)18-12-27(8-9-28-18)19(24-3)25-16-6-7-26(11-16)13-20(21,22)23/h4-5,10,16,18H,6-9,11-13H2,1-3H3,(H,24,25). The van der Waals surface area contributed by atoms with Crippen molar-refractivity contribution in [1.82, 2.24) is 15.1 Å². The van der Waals surface area contributed by atoms with Gasteiger partial charge in [0.05, 0.1) is 19.7 Å². The average Bonchev–Trinajstić information content (AvgIpc) is 3.05. The molecule has 0 bridgehead atoms. The van der Waals surface area contributed by atoms with Crippen LogP contribution in [0.1, 0.15) is 29.2 Å². The Morgan fingerprint density at radius 1 is 1.25 bits per heavy atom. The van der Waals surface area contributed by atoms with E-state index in [0.29, 0.717) is 39.2 Å². The van der Waals surface area contributed by atoms with Gasteiger partial charge in [0.15, 0.2) is 5.96 Å². The van der Waals surface area contributed by atoms with Crippen LogP contribution in [0.2, 0.25) is 0 Å². The number of ether oxygens (including phenoxy) is 1. The average molecular weight is 398 g/mol. The number of aliphatic imine (C=N–C) groups is 1. The van der Waals surface area contributed by atoms with E-state index in [-0.39, 0.29) is 12.1 Å². The van der Waals surface area contributed by atoms with Gasteiger partial charge in [-0.2, -0.15) is 13.2 Å². The molecule has 0 saturated carbocycles. The molecule has 2 saturated heterocycles. The first kappa shape index (κ1) is 20.9. The number of benzene rings is 1. The fourth-order valence-electron chi connectivity index (χ4n) is 4.04. The fraction of sp³-hybridized carbons (Fsp3) is 0.650. The van der Waals surface area contributed by atoms with E-state index in [1.807, 2.05) is 0 Å². The highest BCUT2D eigenvalue weighted by Crippen LogP contribution is 2.26. The van der Waals surface area contributed by atoms with E-state index in [2.05, 4.69) is 47.3 Å². The Morgan fingerprint density at radius 3 is 2.71 bits per heavy atom. The Balaban J connectivity index is 1.60. The van der Waals surface area contributed by atoms with Crippen LogP contribution >= 0.6 is 0 Å². The van der Waals surface area contributed by atoms with Crippen molar-refractivity contribution in [1.29, 1.82) is 0 Å². The summed E-state index contributed by atoms with van der Waals surface area (Å²) in [7, 11) is 1.71. The molecule has 2 unspecified atom stereocenters. The fourth-order valence-corrected chi connectivity index (χ4v) is 4.04. The smallest absolute Gasteiger partial charge is 0.370 e. The van der Waals surface area contributed by atoms with Gasteiger partial charge in [-0.15, -0.1) is 0 Å². The molecule has 1 aromatic carbocycles. The molecule has 0 amide bonds. The molecule has 2 atom stereocenters. The topological polar surface area (TPSA) is 40.1 Å². The van der Waals surface area contributed by atoms with Crippen molar-refractivity contribution in [3.63, 3.8) is 0 Å². The maximum absolute atomic E-state index is 12.6. The van der Waals surface area contributed by atoms with Crippen LogP contribution in [0.3, 0.4) is 0 Å². The SMILES string of the molecule is CN=C(NC1CCN(CC(F)(F)F)C1)N1CCOC(c2ccc(C)cc2C)C1. The van der Waals surface area contributed by atoms with Crippen molar-refractivity contribution in [2.75, 3.05) is 46.4 Å². The summed E-state index contributed by atoms with van der Waals surface area (Å²) in [6.07, 6.45) is -3.52. The number of guanidine groups is 1. The molecule has 28 heavy (non-hydrogen) atoms. The molecule has 0 radical (unpaired) electrons. The molecule has 3 rings (SSSR count). The first-order chi connectivity index (χ1) is 13.2. The van der Waals surface area contributed by atoms with Gasteiger partial charge >= 0.3 is 6.18 Å². The van der Waals surface area contributed by atoms with E-state index >= 15 is 0 Å². The van der Waals surface area contributed by atoms with Gasteiger partial charge in [0.2, 0.25) is 0 Å². The Kier molecular flexibility index (Phi) is 6.50. The minimum atomic E-state index is -4.15. The van der Waals surface area contributed by atoms with Gasteiger partial charge in [0.1, 0.15) is 6.10 Å². The molecule has 8 heteroatoms. The van der Waals surface area contributed by atoms with Gasteiger partial charge in [0, 0.05) is 32.7 Å². The van der Waals surface area contributed by atoms with Gasteiger partial charge in [-0.25, -0.2) is 0 Å². The molecule has 156 valence electrons. The molecule has 1 aromatic rings. The number of rotatable bonds is 3. The van der Waals surface area contributed by atoms with Crippen molar-refractivity contribution in [2.24, 2.45) is 4.99 Å². The second kappa shape index (κ2) is 8.69. The highest BCUT2D eigenvalue weighted by molar-refractivity contribution is 5.80. The molecule has 2 aliphatic heterocycles. The number of morpholine rings is 1. The van der Waals surface area contributed by atoms with Gasteiger partial charge in [-0.3, -0.25) is 9.89 Å². The van der Waals surface area contributed by atoms with Crippen molar-refractivity contribution < 1.29 is 17.9 Å². The summed E-state index contributed by atoms with van der Waals surface area (Å²) in [4.78, 5) is 7.96. The Hall–Kier alpha value is -1.80. The molecular weight excluding hydrogens is 369 g/mol. The molecule has 1 N–H and O–H groups in total. The summed E-state index contributed by atoms with van der Waals surface area (Å²) >= 11 is 0. The van der Waals surface area contributed by atoms with Crippen molar-refractivity contribution >= 4 is 5.96 Å². The second-order valence-electron chi connectivity index (χ2n) is 7.69. The van der Waals surface area contributed by atoms with Gasteiger partial charge in [-0.1, -0.05) is 23.8 Å². The number of likely N-dealkylation sites (tertiary alicyclic amines) is 1. The second-order valence-corrected chi connectivity index (χ2v) is 7.69. The summed E-state index contributed by atoms with van der Waals surface area (Å²) in [5.41, 5.74) is 3.59. The lowest BCUT2D eigenvalue weighted by atomic mass is 10.00. The number of alkyl halides is 3. The molecule has 5 nitrogen and oxygen atoms in total. The molecule has 0 spiro atoms. The first-order valence-corrected chi connectivity index (χ1v) is 9.71. The Morgan fingerprint density at radius 2 is 2.04 bits per heavy atom. The zero-order valence-corrected chi connectivity index (χ0v) is 16.7. The van der Waals surface area contributed by atoms with E-state index in [0.717, 1.165) is 5.96 Å². The minimum Gasteiger partial charge on any atom is -0.370 e. The molecular formula is C20H29F3N4O. The Bertz CT molecular complexity index is 707. The number of halogens is 3. The largest absolute Gasteiger partial charge is 0.401 e. The van der Waals surface area contributed by atoms with E-state index in [4.69, 9.17) is 4.74 Å². The molecule has 2 heterocycles. The van der Waals surface area contributed by atoms with Gasteiger partial charge < -0.3 is 15.0 Å². The molecule has 0 aliphatic carbocycles. The van der Waals surface area contributed by atoms with Crippen molar-refractivity contribution in [3.8, 4) is 0 Å². The zero-order chi connectivity index (χ0) is 20.3. The van der Waals surface area contributed by atoms with Crippen LogP contribution in [0.15, 0.2) is 23.2 Å². The predicted molar refractivity (Wildman–Crippen MR) is 104 cm³/mol. The molecule has 2 fully saturated rings. The van der Waals surface area contributed by atoms with E-state index in [1.165, 1.54) is 21.6 Å². The highest BCUT2D eigenvalue weighted by atomic mass is 19.4. The molecule has 0 aromatic heterocycles. The van der Waals surface area contributed by atoms with Crippen LogP contribution in [0, 0.1) is 13.8 Å². The van der Waals surface area contributed by atoms with Gasteiger partial charge in [0.25, 0.3) is 0 Å². The molecule has 2 aliphatic rings. The Labute approximate surface area is 164 Å². The maximum atomic E-state index is 12.6. The lowest BCUT2D eigenvalue weighted by Gasteiger charge is -2.36.